The molecule has 1 aliphatic heterocycles. The molecule has 2 atom stereocenters. The Labute approximate surface area is 114 Å². The number of hydrogen-bond donors (Lipinski definition) is 1. The second-order valence-electron chi connectivity index (χ2n) is 4.76. The first-order valence-corrected chi connectivity index (χ1v) is 6.61. The van der Waals surface area contributed by atoms with Crippen LogP contribution in [0, 0.1) is 5.82 Å². The average Bonchev–Trinajstić information content (AvgIpc) is 2.58. The summed E-state index contributed by atoms with van der Waals surface area (Å²) < 4.78 is 18.9. The second kappa shape index (κ2) is 4.97. The maximum atomic E-state index is 13.0. The summed E-state index contributed by atoms with van der Waals surface area (Å²) in [6, 6.07) is 4.03. The number of benzene rings is 1. The molecule has 2 rings (SSSR count). The van der Waals surface area contributed by atoms with E-state index in [1.807, 2.05) is 13.8 Å². The van der Waals surface area contributed by atoms with Crippen LogP contribution in [0.1, 0.15) is 30.6 Å². The van der Waals surface area contributed by atoms with Gasteiger partial charge in [-0.05, 0) is 54.4 Å². The van der Waals surface area contributed by atoms with Crippen molar-refractivity contribution in [2.24, 2.45) is 0 Å². The summed E-state index contributed by atoms with van der Waals surface area (Å²) in [5.41, 5.74) is 0.0574. The van der Waals surface area contributed by atoms with Crippen LogP contribution in [-0.2, 0) is 4.74 Å². The first-order chi connectivity index (χ1) is 8.42. The molecule has 0 unspecified atom stereocenters. The molecular weight excluding hydrogens is 301 g/mol. The molecule has 0 spiro atoms. The lowest BCUT2D eigenvalue weighted by molar-refractivity contribution is 0.0727. The van der Waals surface area contributed by atoms with E-state index in [0.29, 0.717) is 16.6 Å². The summed E-state index contributed by atoms with van der Waals surface area (Å²) >= 11 is 3.20. The largest absolute Gasteiger partial charge is 0.376 e. The third-order valence-corrected chi connectivity index (χ3v) is 4.12. The van der Waals surface area contributed by atoms with Crippen molar-refractivity contribution < 1.29 is 13.9 Å². The molecule has 0 bridgehead atoms. The van der Waals surface area contributed by atoms with Gasteiger partial charge in [0.1, 0.15) is 5.82 Å². The number of ether oxygens (including phenoxy) is 1. The molecule has 1 fully saturated rings. The van der Waals surface area contributed by atoms with E-state index in [9.17, 15) is 9.18 Å². The van der Waals surface area contributed by atoms with E-state index in [1.165, 1.54) is 18.2 Å². The summed E-state index contributed by atoms with van der Waals surface area (Å²) in [7, 11) is 0. The fourth-order valence-electron chi connectivity index (χ4n) is 2.00. The van der Waals surface area contributed by atoms with Gasteiger partial charge in [-0.1, -0.05) is 0 Å². The molecule has 0 aromatic heterocycles. The molecule has 0 radical (unpaired) electrons. The predicted octanol–water partition coefficient (Wildman–Crippen LogP) is 2.89. The molecule has 1 saturated heterocycles. The highest BCUT2D eigenvalue weighted by Gasteiger charge is 2.38. The van der Waals surface area contributed by atoms with Gasteiger partial charge in [0.25, 0.3) is 5.91 Å². The lowest BCUT2D eigenvalue weighted by atomic mass is 9.94. The highest BCUT2D eigenvalue weighted by atomic mass is 79.9. The van der Waals surface area contributed by atoms with Gasteiger partial charge in [-0.3, -0.25) is 4.79 Å². The van der Waals surface area contributed by atoms with E-state index in [2.05, 4.69) is 21.2 Å². The fraction of sp³-hybridized carbons (Fsp3) is 0.462. The van der Waals surface area contributed by atoms with E-state index >= 15 is 0 Å². The van der Waals surface area contributed by atoms with Crippen molar-refractivity contribution in [3.63, 3.8) is 0 Å². The molecule has 1 aromatic carbocycles. The average molecular weight is 316 g/mol. The van der Waals surface area contributed by atoms with Crippen LogP contribution in [0.5, 0.6) is 0 Å². The summed E-state index contributed by atoms with van der Waals surface area (Å²) in [6.45, 7) is 4.54. The smallest absolute Gasteiger partial charge is 0.252 e. The molecule has 1 amide bonds. The number of hydrogen-bond acceptors (Lipinski definition) is 2. The van der Waals surface area contributed by atoms with Gasteiger partial charge < -0.3 is 10.1 Å². The quantitative estimate of drug-likeness (QED) is 0.911. The minimum absolute atomic E-state index is 0.0272. The summed E-state index contributed by atoms with van der Waals surface area (Å²) in [6.07, 6.45) is 0.749. The molecule has 1 N–H and O–H groups in total. The van der Waals surface area contributed by atoms with Crippen LogP contribution in [0.2, 0.25) is 0 Å². The summed E-state index contributed by atoms with van der Waals surface area (Å²) in [5, 5.41) is 2.97. The van der Waals surface area contributed by atoms with Crippen molar-refractivity contribution in [3.05, 3.63) is 34.1 Å². The van der Waals surface area contributed by atoms with E-state index in [-0.39, 0.29) is 23.4 Å². The highest BCUT2D eigenvalue weighted by molar-refractivity contribution is 9.10. The zero-order chi connectivity index (χ0) is 13.3. The molecule has 5 heteroatoms. The first-order valence-electron chi connectivity index (χ1n) is 5.81. The van der Waals surface area contributed by atoms with Crippen molar-refractivity contribution in [1.82, 2.24) is 5.32 Å². The van der Waals surface area contributed by atoms with Crippen molar-refractivity contribution in [3.8, 4) is 0 Å². The lowest BCUT2D eigenvalue weighted by Gasteiger charge is -2.29. The molecule has 1 aliphatic rings. The van der Waals surface area contributed by atoms with E-state index in [0.717, 1.165) is 6.42 Å². The van der Waals surface area contributed by atoms with Gasteiger partial charge in [-0.25, -0.2) is 4.39 Å². The van der Waals surface area contributed by atoms with Gasteiger partial charge in [0.05, 0.1) is 17.2 Å². The molecule has 3 nitrogen and oxygen atoms in total. The van der Waals surface area contributed by atoms with Crippen LogP contribution in [0.25, 0.3) is 0 Å². The van der Waals surface area contributed by atoms with E-state index in [4.69, 9.17) is 4.74 Å². The predicted molar refractivity (Wildman–Crippen MR) is 70.0 cm³/mol. The highest BCUT2D eigenvalue weighted by Crippen LogP contribution is 2.26. The van der Waals surface area contributed by atoms with Crippen LogP contribution in [0.15, 0.2) is 22.7 Å². The normalized spacial score (nSPS) is 27.2. The minimum atomic E-state index is -0.373. The Balaban J connectivity index is 2.17. The molecular formula is C13H15BrFNO2. The van der Waals surface area contributed by atoms with Gasteiger partial charge in [-0.15, -0.1) is 0 Å². The maximum absolute atomic E-state index is 13.0. The van der Waals surface area contributed by atoms with Gasteiger partial charge in [0.15, 0.2) is 0 Å². The molecule has 0 aliphatic carbocycles. The first kappa shape index (κ1) is 13.5. The van der Waals surface area contributed by atoms with Gasteiger partial charge >= 0.3 is 0 Å². The lowest BCUT2D eigenvalue weighted by Crippen LogP contribution is -2.50. The van der Waals surface area contributed by atoms with Crippen LogP contribution in [0.3, 0.4) is 0 Å². The fourth-order valence-corrected chi connectivity index (χ4v) is 2.53. The zero-order valence-electron chi connectivity index (χ0n) is 10.3. The van der Waals surface area contributed by atoms with Crippen LogP contribution in [-0.4, -0.2) is 24.2 Å². The number of rotatable bonds is 2. The number of carbonyl (C=O) groups is 1. The molecule has 1 heterocycles. The van der Waals surface area contributed by atoms with E-state index < -0.39 is 0 Å². The Kier molecular flexibility index (Phi) is 3.73. The molecule has 1 aromatic rings. The van der Waals surface area contributed by atoms with Crippen LogP contribution < -0.4 is 5.32 Å². The number of carbonyl (C=O) groups excluding carboxylic acids is 1. The standard InChI is InChI=1S/C13H15BrFNO2/c1-8-13(2,5-6-18-8)16-12(17)10-4-3-9(15)7-11(10)14/h3-4,7-8H,5-6H2,1-2H3,(H,16,17)/t8-,13+/m0/s1. The Morgan fingerprint density at radius 3 is 2.89 bits per heavy atom. The minimum Gasteiger partial charge on any atom is -0.376 e. The molecule has 98 valence electrons. The van der Waals surface area contributed by atoms with Crippen molar-refractivity contribution in [2.45, 2.75) is 31.9 Å². The third kappa shape index (κ3) is 2.57. The zero-order valence-corrected chi connectivity index (χ0v) is 11.9. The van der Waals surface area contributed by atoms with Gasteiger partial charge in [-0.2, -0.15) is 0 Å². The molecule has 18 heavy (non-hydrogen) atoms. The maximum Gasteiger partial charge on any atom is 0.252 e. The topological polar surface area (TPSA) is 38.3 Å². The Bertz CT molecular complexity index is 480. The Morgan fingerprint density at radius 2 is 2.33 bits per heavy atom. The Morgan fingerprint density at radius 1 is 1.61 bits per heavy atom. The third-order valence-electron chi connectivity index (χ3n) is 3.46. The van der Waals surface area contributed by atoms with Crippen molar-refractivity contribution in [2.75, 3.05) is 6.61 Å². The van der Waals surface area contributed by atoms with E-state index in [1.54, 1.807) is 0 Å². The van der Waals surface area contributed by atoms with Gasteiger partial charge in [0.2, 0.25) is 0 Å². The Hall–Kier alpha value is -0.940. The second-order valence-corrected chi connectivity index (χ2v) is 5.61. The summed E-state index contributed by atoms with van der Waals surface area (Å²) in [4.78, 5) is 12.2. The van der Waals surface area contributed by atoms with Gasteiger partial charge in [0, 0.05) is 11.1 Å². The summed E-state index contributed by atoms with van der Waals surface area (Å²) in [5.74, 6) is -0.594. The van der Waals surface area contributed by atoms with Crippen LogP contribution in [0.4, 0.5) is 4.39 Å². The van der Waals surface area contributed by atoms with Crippen molar-refractivity contribution >= 4 is 21.8 Å². The van der Waals surface area contributed by atoms with Crippen molar-refractivity contribution in [1.29, 1.82) is 0 Å². The number of nitrogens with one attached hydrogen (secondary N) is 1. The molecule has 0 saturated carbocycles. The van der Waals surface area contributed by atoms with Crippen LogP contribution >= 0.6 is 15.9 Å². The SMILES string of the molecule is C[C@@H]1OCC[C@@]1(C)NC(=O)c1ccc(F)cc1Br. The monoisotopic (exact) mass is 315 g/mol. The number of amides is 1. The number of halogens is 2.